The van der Waals surface area contributed by atoms with E-state index in [1.807, 2.05) is 0 Å². The molecular weight excluding hydrogens is 202 g/mol. The number of rotatable bonds is 4. The first kappa shape index (κ1) is 11.5. The van der Waals surface area contributed by atoms with Crippen molar-refractivity contribution in [3.8, 4) is 6.07 Å². The first-order valence-electron chi connectivity index (χ1n) is 4.72. The third kappa shape index (κ3) is 2.46. The Balaban J connectivity index is 2.68. The summed E-state index contributed by atoms with van der Waals surface area (Å²) in [6.07, 6.45) is 2.19. The summed E-state index contributed by atoms with van der Waals surface area (Å²) in [6.45, 7) is 0.219. The lowest BCUT2D eigenvalue weighted by Gasteiger charge is -2.13. The standard InChI is InChI=1S/C9H15NO3S/c1-13-5-6-14(11,12)9-4-2-3-8(9)7-10/h8-9H,2-6H2,1H3. The molecule has 0 amide bonds. The number of sulfone groups is 1. The molecule has 0 N–H and O–H groups in total. The molecule has 1 aliphatic carbocycles. The van der Waals surface area contributed by atoms with Gasteiger partial charge in [0.15, 0.2) is 9.84 Å². The van der Waals surface area contributed by atoms with E-state index in [4.69, 9.17) is 10.00 Å². The molecular formula is C9H15NO3S. The summed E-state index contributed by atoms with van der Waals surface area (Å²) in [5.74, 6) is -0.274. The molecule has 1 fully saturated rings. The predicted octanol–water partition coefficient (Wildman–Crippen LogP) is 0.740. The van der Waals surface area contributed by atoms with Crippen LogP contribution in [0.15, 0.2) is 0 Å². The van der Waals surface area contributed by atoms with Crippen LogP contribution in [0.3, 0.4) is 0 Å². The maximum Gasteiger partial charge on any atom is 0.156 e. The smallest absolute Gasteiger partial charge is 0.156 e. The van der Waals surface area contributed by atoms with Crippen molar-refractivity contribution >= 4 is 9.84 Å². The quantitative estimate of drug-likeness (QED) is 0.696. The van der Waals surface area contributed by atoms with Crippen molar-refractivity contribution in [2.24, 2.45) is 5.92 Å². The van der Waals surface area contributed by atoms with Gasteiger partial charge in [-0.25, -0.2) is 8.42 Å². The van der Waals surface area contributed by atoms with Gasteiger partial charge in [0.2, 0.25) is 0 Å². The fourth-order valence-electron chi connectivity index (χ4n) is 1.85. The summed E-state index contributed by atoms with van der Waals surface area (Å²) in [5.41, 5.74) is 0. The van der Waals surface area contributed by atoms with Crippen LogP contribution in [0.25, 0.3) is 0 Å². The van der Waals surface area contributed by atoms with E-state index in [2.05, 4.69) is 6.07 Å². The van der Waals surface area contributed by atoms with Crippen LogP contribution in [0.4, 0.5) is 0 Å². The van der Waals surface area contributed by atoms with Crippen LogP contribution >= 0.6 is 0 Å². The number of ether oxygens (including phenoxy) is 1. The number of methoxy groups -OCH3 is 1. The van der Waals surface area contributed by atoms with Crippen molar-refractivity contribution in [1.82, 2.24) is 0 Å². The lowest BCUT2D eigenvalue weighted by atomic mass is 10.1. The van der Waals surface area contributed by atoms with E-state index in [-0.39, 0.29) is 18.3 Å². The van der Waals surface area contributed by atoms with Crippen molar-refractivity contribution in [3.05, 3.63) is 0 Å². The van der Waals surface area contributed by atoms with Crippen LogP contribution < -0.4 is 0 Å². The van der Waals surface area contributed by atoms with Gasteiger partial charge < -0.3 is 4.74 Å². The summed E-state index contributed by atoms with van der Waals surface area (Å²) in [7, 11) is -1.65. The van der Waals surface area contributed by atoms with Crippen molar-refractivity contribution in [2.75, 3.05) is 19.5 Å². The van der Waals surface area contributed by atoms with Crippen LogP contribution in [0.1, 0.15) is 19.3 Å². The zero-order chi connectivity index (χ0) is 10.6. The van der Waals surface area contributed by atoms with Gasteiger partial charge in [0, 0.05) is 7.11 Å². The minimum absolute atomic E-state index is 0.0341. The molecule has 0 aromatic rings. The highest BCUT2D eigenvalue weighted by molar-refractivity contribution is 7.92. The SMILES string of the molecule is COCCS(=O)(=O)C1CCCC1C#N. The molecule has 1 aliphatic rings. The highest BCUT2D eigenvalue weighted by atomic mass is 32.2. The second-order valence-corrected chi connectivity index (χ2v) is 5.90. The Kier molecular flexibility index (Phi) is 3.90. The van der Waals surface area contributed by atoms with E-state index in [0.717, 1.165) is 6.42 Å². The third-order valence-electron chi connectivity index (χ3n) is 2.65. The van der Waals surface area contributed by atoms with Gasteiger partial charge in [-0.2, -0.15) is 5.26 Å². The summed E-state index contributed by atoms with van der Waals surface area (Å²) in [5, 5.41) is 8.32. The van der Waals surface area contributed by atoms with Crippen LogP contribution in [-0.2, 0) is 14.6 Å². The molecule has 2 unspecified atom stereocenters. The predicted molar refractivity (Wildman–Crippen MR) is 52.4 cm³/mol. The number of nitriles is 1. The average Bonchev–Trinajstić information content (AvgIpc) is 2.63. The Morgan fingerprint density at radius 3 is 2.79 bits per heavy atom. The summed E-state index contributed by atoms with van der Waals surface area (Å²) >= 11 is 0. The molecule has 80 valence electrons. The van der Waals surface area contributed by atoms with Crippen LogP contribution in [0.5, 0.6) is 0 Å². The fourth-order valence-corrected chi connectivity index (χ4v) is 3.78. The van der Waals surface area contributed by atoms with Crippen molar-refractivity contribution in [2.45, 2.75) is 24.5 Å². The Morgan fingerprint density at radius 2 is 2.21 bits per heavy atom. The van der Waals surface area contributed by atoms with Gasteiger partial charge in [0.05, 0.1) is 29.6 Å². The van der Waals surface area contributed by atoms with Crippen LogP contribution in [-0.4, -0.2) is 33.1 Å². The third-order valence-corrected chi connectivity index (χ3v) is 4.87. The molecule has 0 aromatic carbocycles. The molecule has 0 saturated heterocycles. The Labute approximate surface area is 84.8 Å². The van der Waals surface area contributed by atoms with Gasteiger partial charge in [0.25, 0.3) is 0 Å². The van der Waals surface area contributed by atoms with Gasteiger partial charge in [-0.05, 0) is 12.8 Å². The minimum Gasteiger partial charge on any atom is -0.384 e. The molecule has 0 aliphatic heterocycles. The first-order valence-corrected chi connectivity index (χ1v) is 6.43. The Morgan fingerprint density at radius 1 is 1.50 bits per heavy atom. The molecule has 5 heteroatoms. The largest absolute Gasteiger partial charge is 0.384 e. The van der Waals surface area contributed by atoms with E-state index >= 15 is 0 Å². The Bertz CT molecular complexity index is 317. The fraction of sp³-hybridized carbons (Fsp3) is 0.889. The number of hydrogen-bond donors (Lipinski definition) is 0. The maximum atomic E-state index is 11.7. The van der Waals surface area contributed by atoms with Gasteiger partial charge in [-0.1, -0.05) is 6.42 Å². The number of nitrogens with zero attached hydrogens (tertiary/aromatic N) is 1. The first-order chi connectivity index (χ1) is 6.61. The zero-order valence-electron chi connectivity index (χ0n) is 8.27. The van der Waals surface area contributed by atoms with Gasteiger partial charge in [0.1, 0.15) is 0 Å². The van der Waals surface area contributed by atoms with Crippen molar-refractivity contribution < 1.29 is 13.2 Å². The van der Waals surface area contributed by atoms with E-state index in [1.54, 1.807) is 0 Å². The normalized spacial score (nSPS) is 27.4. The molecule has 1 saturated carbocycles. The highest BCUT2D eigenvalue weighted by Crippen LogP contribution is 2.30. The van der Waals surface area contributed by atoms with Crippen molar-refractivity contribution in [1.29, 1.82) is 5.26 Å². The van der Waals surface area contributed by atoms with E-state index in [9.17, 15) is 8.42 Å². The minimum atomic E-state index is -3.13. The summed E-state index contributed by atoms with van der Waals surface area (Å²) in [4.78, 5) is 0. The highest BCUT2D eigenvalue weighted by Gasteiger charge is 2.36. The maximum absolute atomic E-state index is 11.7. The molecule has 4 nitrogen and oxygen atoms in total. The molecule has 0 spiro atoms. The topological polar surface area (TPSA) is 67.2 Å². The van der Waals surface area contributed by atoms with Gasteiger partial charge >= 0.3 is 0 Å². The monoisotopic (exact) mass is 217 g/mol. The molecule has 0 aromatic heterocycles. The van der Waals surface area contributed by atoms with Gasteiger partial charge in [-0.15, -0.1) is 0 Å². The van der Waals surface area contributed by atoms with E-state index in [0.29, 0.717) is 12.8 Å². The molecule has 0 radical (unpaired) electrons. The molecule has 14 heavy (non-hydrogen) atoms. The molecule has 0 heterocycles. The van der Waals surface area contributed by atoms with Crippen LogP contribution in [0, 0.1) is 17.2 Å². The number of hydrogen-bond acceptors (Lipinski definition) is 4. The second kappa shape index (κ2) is 4.76. The lowest BCUT2D eigenvalue weighted by Crippen LogP contribution is -2.28. The summed E-state index contributed by atoms with van der Waals surface area (Å²) in [6, 6.07) is 2.08. The second-order valence-electron chi connectivity index (χ2n) is 3.56. The summed E-state index contributed by atoms with van der Waals surface area (Å²) < 4.78 is 28.2. The lowest BCUT2D eigenvalue weighted by molar-refractivity contribution is 0.217. The molecule has 2 atom stereocenters. The van der Waals surface area contributed by atoms with Gasteiger partial charge in [-0.3, -0.25) is 0 Å². The Hall–Kier alpha value is -0.600. The zero-order valence-corrected chi connectivity index (χ0v) is 9.09. The van der Waals surface area contributed by atoms with Crippen LogP contribution in [0.2, 0.25) is 0 Å². The van der Waals surface area contributed by atoms with E-state index < -0.39 is 15.1 Å². The molecule has 1 rings (SSSR count). The van der Waals surface area contributed by atoms with Crippen molar-refractivity contribution in [3.63, 3.8) is 0 Å². The molecule has 0 bridgehead atoms. The van der Waals surface area contributed by atoms with E-state index in [1.165, 1.54) is 7.11 Å². The average molecular weight is 217 g/mol.